The summed E-state index contributed by atoms with van der Waals surface area (Å²) in [5.41, 5.74) is 1.50. The summed E-state index contributed by atoms with van der Waals surface area (Å²) in [6, 6.07) is 1.85. The van der Waals surface area contributed by atoms with Crippen LogP contribution in [0.1, 0.15) is 38.3 Å². The lowest BCUT2D eigenvalue weighted by Gasteiger charge is -2.29. The summed E-state index contributed by atoms with van der Waals surface area (Å²) >= 11 is 3.46. The first-order valence-corrected chi connectivity index (χ1v) is 9.20. The van der Waals surface area contributed by atoms with E-state index in [4.69, 9.17) is 4.74 Å². The predicted octanol–water partition coefficient (Wildman–Crippen LogP) is 4.69. The highest BCUT2D eigenvalue weighted by atomic mass is 79.9. The monoisotopic (exact) mass is 419 g/mol. The predicted molar refractivity (Wildman–Crippen MR) is 96.9 cm³/mol. The van der Waals surface area contributed by atoms with Crippen LogP contribution in [0, 0.1) is 6.92 Å². The molecule has 25 heavy (non-hydrogen) atoms. The fourth-order valence-electron chi connectivity index (χ4n) is 2.64. The zero-order valence-electron chi connectivity index (χ0n) is 14.7. The Kier molecular flexibility index (Phi) is 7.56. The van der Waals surface area contributed by atoms with Crippen molar-refractivity contribution >= 4 is 28.0 Å². The molecule has 0 aromatic carbocycles. The van der Waals surface area contributed by atoms with Gasteiger partial charge in [0.05, 0.1) is 28.3 Å². The van der Waals surface area contributed by atoms with Crippen LogP contribution in [0.4, 0.5) is 14.5 Å². The molecular weight excluding hydrogens is 396 g/mol. The Labute approximate surface area is 155 Å². The van der Waals surface area contributed by atoms with E-state index in [9.17, 15) is 8.78 Å². The van der Waals surface area contributed by atoms with Gasteiger partial charge >= 0.3 is 6.61 Å². The Morgan fingerprint density at radius 2 is 2.16 bits per heavy atom. The van der Waals surface area contributed by atoms with Crippen LogP contribution in [0.3, 0.4) is 0 Å². The van der Waals surface area contributed by atoms with Crippen LogP contribution in [-0.2, 0) is 4.74 Å². The first kappa shape index (κ1) is 20.0. The molecule has 1 heterocycles. The molecule has 2 atom stereocenters. The van der Waals surface area contributed by atoms with Gasteiger partial charge < -0.3 is 14.4 Å². The Hall–Kier alpha value is -1.28. The molecule has 1 unspecified atom stereocenters. The summed E-state index contributed by atoms with van der Waals surface area (Å²) in [5.74, 6) is 0.461. The van der Waals surface area contributed by atoms with Gasteiger partial charge in [-0.05, 0) is 55.1 Å². The summed E-state index contributed by atoms with van der Waals surface area (Å²) in [7, 11) is 1.94. The number of rotatable bonds is 7. The van der Waals surface area contributed by atoms with Crippen molar-refractivity contribution in [2.24, 2.45) is 4.99 Å². The highest BCUT2D eigenvalue weighted by Gasteiger charge is 2.27. The zero-order valence-corrected chi connectivity index (χ0v) is 16.3. The van der Waals surface area contributed by atoms with Crippen molar-refractivity contribution in [3.05, 3.63) is 16.2 Å². The standard InChI is InChI=1S/C17H24BrF2N3O2/c1-4-23(3)10-21-15-9-14(18)16(22-11(15)2)24-12-6-5-7-13(8-12)25-17(19)20/h9-10,12-13,17H,4-8H2,1-3H3/t12-,13?/m0/s1. The molecule has 0 spiro atoms. The molecule has 1 aliphatic carbocycles. The second-order valence-corrected chi connectivity index (χ2v) is 6.98. The number of aromatic nitrogens is 1. The third-order valence-corrected chi connectivity index (χ3v) is 4.72. The van der Waals surface area contributed by atoms with Gasteiger partial charge in [0.15, 0.2) is 0 Å². The van der Waals surface area contributed by atoms with Gasteiger partial charge in [-0.15, -0.1) is 0 Å². The molecule has 1 aromatic heterocycles. The fraction of sp³-hybridized carbons (Fsp3) is 0.647. The van der Waals surface area contributed by atoms with Crippen LogP contribution < -0.4 is 4.74 Å². The van der Waals surface area contributed by atoms with Crippen LogP contribution in [-0.4, -0.2) is 48.6 Å². The maximum atomic E-state index is 12.4. The number of ether oxygens (including phenoxy) is 2. The van der Waals surface area contributed by atoms with Gasteiger partial charge in [0.1, 0.15) is 6.10 Å². The molecular formula is C17H24BrF2N3O2. The van der Waals surface area contributed by atoms with E-state index in [0.29, 0.717) is 23.2 Å². The highest BCUT2D eigenvalue weighted by molar-refractivity contribution is 9.10. The van der Waals surface area contributed by atoms with Crippen molar-refractivity contribution in [2.45, 2.75) is 58.4 Å². The Bertz CT molecular complexity index is 602. The normalized spacial score (nSPS) is 21.1. The average molecular weight is 420 g/mol. The molecule has 1 aromatic rings. The molecule has 1 aliphatic rings. The summed E-state index contributed by atoms with van der Waals surface area (Å²) in [6.45, 7) is 2.02. The van der Waals surface area contributed by atoms with Crippen LogP contribution in [0.15, 0.2) is 15.5 Å². The van der Waals surface area contributed by atoms with Crippen molar-refractivity contribution in [1.29, 1.82) is 0 Å². The van der Waals surface area contributed by atoms with E-state index in [1.165, 1.54) is 0 Å². The van der Waals surface area contributed by atoms with Crippen LogP contribution >= 0.6 is 15.9 Å². The summed E-state index contributed by atoms with van der Waals surface area (Å²) in [4.78, 5) is 10.8. The van der Waals surface area contributed by atoms with Crippen molar-refractivity contribution in [3.63, 3.8) is 0 Å². The summed E-state index contributed by atoms with van der Waals surface area (Å²) in [5, 5.41) is 0. The SMILES string of the molecule is CCN(C)C=Nc1cc(Br)c(O[C@H]2CCCC(OC(F)F)C2)nc1C. The molecule has 2 rings (SSSR count). The van der Waals surface area contributed by atoms with Gasteiger partial charge in [-0.1, -0.05) is 0 Å². The fourth-order valence-corrected chi connectivity index (χ4v) is 3.04. The van der Waals surface area contributed by atoms with E-state index >= 15 is 0 Å². The lowest BCUT2D eigenvalue weighted by molar-refractivity contribution is -0.175. The van der Waals surface area contributed by atoms with Crippen molar-refractivity contribution < 1.29 is 18.3 Å². The molecule has 0 aliphatic heterocycles. The maximum absolute atomic E-state index is 12.4. The van der Waals surface area contributed by atoms with E-state index in [0.717, 1.165) is 30.8 Å². The third-order valence-electron chi connectivity index (χ3n) is 4.15. The Balaban J connectivity index is 2.05. The van der Waals surface area contributed by atoms with E-state index in [2.05, 4.69) is 30.6 Å². The minimum atomic E-state index is -2.74. The van der Waals surface area contributed by atoms with E-state index in [-0.39, 0.29) is 6.10 Å². The van der Waals surface area contributed by atoms with Gasteiger partial charge in [-0.3, -0.25) is 0 Å². The number of alkyl halides is 2. The van der Waals surface area contributed by atoms with Gasteiger partial charge in [0.2, 0.25) is 5.88 Å². The van der Waals surface area contributed by atoms with Crippen LogP contribution in [0.25, 0.3) is 0 Å². The molecule has 0 radical (unpaired) electrons. The molecule has 140 valence electrons. The number of aryl methyl sites for hydroxylation is 1. The van der Waals surface area contributed by atoms with Gasteiger partial charge in [-0.2, -0.15) is 8.78 Å². The lowest BCUT2D eigenvalue weighted by atomic mass is 9.95. The largest absolute Gasteiger partial charge is 0.473 e. The quantitative estimate of drug-likeness (QED) is 0.474. The number of nitrogens with zero attached hydrogens (tertiary/aromatic N) is 3. The maximum Gasteiger partial charge on any atom is 0.345 e. The first-order valence-electron chi connectivity index (χ1n) is 8.40. The smallest absolute Gasteiger partial charge is 0.345 e. The lowest BCUT2D eigenvalue weighted by Crippen LogP contribution is -2.31. The topological polar surface area (TPSA) is 47.0 Å². The number of hydrogen-bond donors (Lipinski definition) is 0. The van der Waals surface area contributed by atoms with Crippen molar-refractivity contribution in [1.82, 2.24) is 9.88 Å². The molecule has 8 heteroatoms. The van der Waals surface area contributed by atoms with Gasteiger partial charge in [0, 0.05) is 20.0 Å². The number of halogens is 3. The number of aliphatic imine (C=N–C) groups is 1. The van der Waals surface area contributed by atoms with Crippen molar-refractivity contribution in [3.8, 4) is 5.88 Å². The Morgan fingerprint density at radius 1 is 1.44 bits per heavy atom. The summed E-state index contributed by atoms with van der Waals surface area (Å²) < 4.78 is 36.0. The van der Waals surface area contributed by atoms with E-state index in [1.54, 1.807) is 6.34 Å². The zero-order chi connectivity index (χ0) is 18.4. The molecule has 0 amide bonds. The molecule has 1 saturated carbocycles. The molecule has 0 saturated heterocycles. The van der Waals surface area contributed by atoms with Crippen LogP contribution in [0.5, 0.6) is 5.88 Å². The van der Waals surface area contributed by atoms with Gasteiger partial charge in [0.25, 0.3) is 0 Å². The second-order valence-electron chi connectivity index (χ2n) is 6.12. The van der Waals surface area contributed by atoms with Gasteiger partial charge in [-0.25, -0.2) is 9.98 Å². The Morgan fingerprint density at radius 3 is 2.84 bits per heavy atom. The minimum Gasteiger partial charge on any atom is -0.473 e. The molecule has 0 N–H and O–H groups in total. The third kappa shape index (κ3) is 6.18. The molecule has 0 bridgehead atoms. The molecule has 5 nitrogen and oxygen atoms in total. The number of pyridine rings is 1. The second kappa shape index (κ2) is 9.43. The van der Waals surface area contributed by atoms with Crippen molar-refractivity contribution in [2.75, 3.05) is 13.6 Å². The average Bonchev–Trinajstić information content (AvgIpc) is 2.56. The number of hydrogen-bond acceptors (Lipinski definition) is 4. The van der Waals surface area contributed by atoms with E-state index in [1.807, 2.05) is 31.9 Å². The molecule has 1 fully saturated rings. The highest BCUT2D eigenvalue weighted by Crippen LogP contribution is 2.33. The van der Waals surface area contributed by atoms with Crippen LogP contribution in [0.2, 0.25) is 0 Å². The minimum absolute atomic E-state index is 0.179. The van der Waals surface area contributed by atoms with E-state index < -0.39 is 12.7 Å². The first-order chi connectivity index (χ1) is 11.9. The summed E-state index contributed by atoms with van der Waals surface area (Å²) in [6.07, 6.45) is 3.79.